The third-order valence-electron chi connectivity index (χ3n) is 3.60. The highest BCUT2D eigenvalue weighted by atomic mass is 127. The Labute approximate surface area is 167 Å². The van der Waals surface area contributed by atoms with Crippen molar-refractivity contribution >= 4 is 35.8 Å². The van der Waals surface area contributed by atoms with Crippen LogP contribution in [0.2, 0.25) is 0 Å². The number of hydrogen-bond acceptors (Lipinski definition) is 4. The first kappa shape index (κ1) is 23.3. The van der Waals surface area contributed by atoms with Gasteiger partial charge in [-0.3, -0.25) is 9.79 Å². The number of nitrogens with one attached hydrogen (secondary N) is 1. The maximum Gasteiger partial charge on any atom is 0.223 e. The lowest BCUT2D eigenvalue weighted by atomic mass is 10.2. The van der Waals surface area contributed by atoms with Gasteiger partial charge in [-0.15, -0.1) is 24.0 Å². The van der Waals surface area contributed by atoms with Gasteiger partial charge in [0.1, 0.15) is 11.5 Å². The van der Waals surface area contributed by atoms with Crippen LogP contribution in [-0.4, -0.2) is 70.6 Å². The van der Waals surface area contributed by atoms with E-state index in [9.17, 15) is 4.79 Å². The predicted molar refractivity (Wildman–Crippen MR) is 111 cm³/mol. The molecule has 0 fully saturated rings. The summed E-state index contributed by atoms with van der Waals surface area (Å²) in [6.45, 7) is 1.16. The smallest absolute Gasteiger partial charge is 0.223 e. The van der Waals surface area contributed by atoms with Crippen LogP contribution in [-0.2, 0) is 11.3 Å². The predicted octanol–water partition coefficient (Wildman–Crippen LogP) is 1.81. The van der Waals surface area contributed by atoms with Gasteiger partial charge in [-0.05, 0) is 12.1 Å². The second-order valence-electron chi connectivity index (χ2n) is 5.55. The van der Waals surface area contributed by atoms with Crippen LogP contribution in [0.15, 0.2) is 23.2 Å². The molecule has 1 aromatic carbocycles. The van der Waals surface area contributed by atoms with E-state index >= 15 is 0 Å². The lowest BCUT2D eigenvalue weighted by Gasteiger charge is -2.23. The molecule has 0 radical (unpaired) electrons. The van der Waals surface area contributed by atoms with E-state index in [-0.39, 0.29) is 29.9 Å². The van der Waals surface area contributed by atoms with Gasteiger partial charge in [0.2, 0.25) is 5.91 Å². The molecule has 0 unspecified atom stereocenters. The van der Waals surface area contributed by atoms with Crippen LogP contribution < -0.4 is 14.8 Å². The van der Waals surface area contributed by atoms with Crippen LogP contribution in [0, 0.1) is 0 Å². The Morgan fingerprint density at radius 2 is 1.88 bits per heavy atom. The molecule has 1 aromatic rings. The number of carbonyl (C=O) groups excluding carboxylic acids is 1. The number of halogens is 1. The number of rotatable bonds is 7. The van der Waals surface area contributed by atoms with Gasteiger partial charge in [0.05, 0.1) is 14.2 Å². The lowest BCUT2D eigenvalue weighted by Crippen LogP contribution is -2.40. The Morgan fingerprint density at radius 3 is 2.40 bits per heavy atom. The summed E-state index contributed by atoms with van der Waals surface area (Å²) in [5, 5.41) is 3.20. The van der Waals surface area contributed by atoms with Gasteiger partial charge in [-0.25, -0.2) is 0 Å². The van der Waals surface area contributed by atoms with Crippen molar-refractivity contribution in [2.45, 2.75) is 13.0 Å². The van der Waals surface area contributed by atoms with E-state index in [4.69, 9.17) is 9.47 Å². The van der Waals surface area contributed by atoms with Gasteiger partial charge in [-0.1, -0.05) is 0 Å². The van der Waals surface area contributed by atoms with Gasteiger partial charge in [0.15, 0.2) is 5.96 Å². The van der Waals surface area contributed by atoms with Gasteiger partial charge in [-0.2, -0.15) is 0 Å². The van der Waals surface area contributed by atoms with Crippen molar-refractivity contribution in [1.29, 1.82) is 0 Å². The molecule has 0 heterocycles. The fraction of sp³-hybridized carbons (Fsp3) is 0.529. The molecule has 0 spiro atoms. The zero-order valence-corrected chi connectivity index (χ0v) is 18.2. The zero-order chi connectivity index (χ0) is 18.1. The molecular weight excluding hydrogens is 435 g/mol. The van der Waals surface area contributed by atoms with E-state index in [0.717, 1.165) is 23.0 Å². The lowest BCUT2D eigenvalue weighted by molar-refractivity contribution is -0.128. The number of carbonyl (C=O) groups is 1. The average Bonchev–Trinajstić information content (AvgIpc) is 2.58. The van der Waals surface area contributed by atoms with Crippen molar-refractivity contribution in [2.75, 3.05) is 49.0 Å². The largest absolute Gasteiger partial charge is 0.497 e. The van der Waals surface area contributed by atoms with E-state index in [0.29, 0.717) is 19.5 Å². The fourth-order valence-corrected chi connectivity index (χ4v) is 2.20. The zero-order valence-electron chi connectivity index (χ0n) is 15.8. The van der Waals surface area contributed by atoms with Crippen LogP contribution in [0.3, 0.4) is 0 Å². The van der Waals surface area contributed by atoms with E-state index in [1.165, 1.54) is 0 Å². The first-order valence-corrected chi connectivity index (χ1v) is 7.75. The molecule has 0 aliphatic carbocycles. The number of guanidine groups is 1. The highest BCUT2D eigenvalue weighted by Crippen LogP contribution is 2.25. The minimum Gasteiger partial charge on any atom is -0.497 e. The highest BCUT2D eigenvalue weighted by molar-refractivity contribution is 14.0. The first-order chi connectivity index (χ1) is 11.4. The van der Waals surface area contributed by atoms with Crippen molar-refractivity contribution < 1.29 is 14.3 Å². The van der Waals surface area contributed by atoms with Crippen LogP contribution >= 0.6 is 24.0 Å². The maximum absolute atomic E-state index is 11.6. The summed E-state index contributed by atoms with van der Waals surface area (Å²) >= 11 is 0. The van der Waals surface area contributed by atoms with Gasteiger partial charge in [0.25, 0.3) is 0 Å². The minimum atomic E-state index is 0. The van der Waals surface area contributed by atoms with Crippen molar-refractivity contribution in [1.82, 2.24) is 15.1 Å². The van der Waals surface area contributed by atoms with E-state index < -0.39 is 0 Å². The molecule has 25 heavy (non-hydrogen) atoms. The molecule has 0 bridgehead atoms. The highest BCUT2D eigenvalue weighted by Gasteiger charge is 2.12. The topological polar surface area (TPSA) is 66.4 Å². The molecule has 7 nitrogen and oxygen atoms in total. The molecular formula is C17H29IN4O3. The molecule has 0 aliphatic rings. The Hall–Kier alpha value is -1.71. The summed E-state index contributed by atoms with van der Waals surface area (Å²) < 4.78 is 10.6. The Balaban J connectivity index is 0.00000576. The molecule has 0 atom stereocenters. The van der Waals surface area contributed by atoms with Crippen molar-refractivity contribution in [3.8, 4) is 11.5 Å². The molecule has 8 heteroatoms. The summed E-state index contributed by atoms with van der Waals surface area (Å²) in [4.78, 5) is 19.4. The van der Waals surface area contributed by atoms with Crippen molar-refractivity contribution in [2.24, 2.45) is 4.99 Å². The molecule has 1 rings (SSSR count). The van der Waals surface area contributed by atoms with Crippen molar-refractivity contribution in [3.63, 3.8) is 0 Å². The average molecular weight is 464 g/mol. The molecule has 1 amide bonds. The monoisotopic (exact) mass is 464 g/mol. The van der Waals surface area contributed by atoms with Crippen LogP contribution in [0.25, 0.3) is 0 Å². The standard InChI is InChI=1S/C17H28N4O3.HI/c1-18-17(19-10-9-16(22)20(2)3)21(4)12-13-7-8-14(23-5)11-15(13)24-6;/h7-8,11H,9-10,12H2,1-6H3,(H,18,19);1H. The third kappa shape index (κ3) is 7.37. The summed E-state index contributed by atoms with van der Waals surface area (Å²) in [5.74, 6) is 2.32. The summed E-state index contributed by atoms with van der Waals surface area (Å²) in [5.41, 5.74) is 1.02. The summed E-state index contributed by atoms with van der Waals surface area (Å²) in [6, 6.07) is 5.73. The Bertz CT molecular complexity index is 579. The van der Waals surface area contributed by atoms with Gasteiger partial charge >= 0.3 is 0 Å². The summed E-state index contributed by atoms with van der Waals surface area (Å²) in [7, 11) is 10.4. The number of aliphatic imine (C=N–C) groups is 1. The fourth-order valence-electron chi connectivity index (χ4n) is 2.20. The number of ether oxygens (including phenoxy) is 2. The van der Waals surface area contributed by atoms with E-state index in [2.05, 4.69) is 10.3 Å². The Morgan fingerprint density at radius 1 is 1.20 bits per heavy atom. The maximum atomic E-state index is 11.6. The molecule has 0 saturated carbocycles. The number of nitrogens with zero attached hydrogens (tertiary/aromatic N) is 3. The molecule has 1 N–H and O–H groups in total. The van der Waals surface area contributed by atoms with Crippen LogP contribution in [0.1, 0.15) is 12.0 Å². The second-order valence-corrected chi connectivity index (χ2v) is 5.55. The first-order valence-electron chi connectivity index (χ1n) is 7.75. The molecule has 0 aliphatic heterocycles. The molecule has 142 valence electrons. The number of benzene rings is 1. The molecule has 0 saturated heterocycles. The quantitative estimate of drug-likeness (QED) is 0.379. The van der Waals surface area contributed by atoms with Crippen LogP contribution in [0.4, 0.5) is 0 Å². The van der Waals surface area contributed by atoms with Gasteiger partial charge in [0, 0.05) is 59.3 Å². The molecule has 0 aromatic heterocycles. The minimum absolute atomic E-state index is 0. The van der Waals surface area contributed by atoms with E-state index in [1.54, 1.807) is 40.3 Å². The van der Waals surface area contributed by atoms with E-state index in [1.807, 2.05) is 30.1 Å². The summed E-state index contributed by atoms with van der Waals surface area (Å²) in [6.07, 6.45) is 0.422. The number of amides is 1. The second kappa shape index (κ2) is 11.8. The normalized spacial score (nSPS) is 10.6. The Kier molecular flexibility index (Phi) is 11.0. The van der Waals surface area contributed by atoms with Gasteiger partial charge < -0.3 is 24.6 Å². The SMILES string of the molecule is CN=C(NCCC(=O)N(C)C)N(C)Cc1ccc(OC)cc1OC.I. The number of methoxy groups -OCH3 is 2. The van der Waals surface area contributed by atoms with Crippen molar-refractivity contribution in [3.05, 3.63) is 23.8 Å². The number of hydrogen-bond donors (Lipinski definition) is 1. The van der Waals surface area contributed by atoms with Crippen LogP contribution in [0.5, 0.6) is 11.5 Å². The third-order valence-corrected chi connectivity index (χ3v) is 3.60.